The van der Waals surface area contributed by atoms with Crippen LogP contribution in [-0.2, 0) is 14.4 Å². The maximum atomic E-state index is 12.3. The number of hydrogen-bond donors (Lipinski definition) is 2. The summed E-state index contributed by atoms with van der Waals surface area (Å²) in [6.07, 6.45) is 0.288. The van der Waals surface area contributed by atoms with E-state index in [1.807, 2.05) is 0 Å². The molecule has 0 radical (unpaired) electrons. The quantitative estimate of drug-likeness (QED) is 0.708. The van der Waals surface area contributed by atoms with Gasteiger partial charge in [0.05, 0.1) is 11.8 Å². The first-order valence-electron chi connectivity index (χ1n) is 6.14. The second-order valence-corrected chi connectivity index (χ2v) is 5.54. The van der Waals surface area contributed by atoms with Gasteiger partial charge in [-0.25, -0.2) is 0 Å². The predicted octanol–water partition coefficient (Wildman–Crippen LogP) is -0.308. The molecule has 6 nitrogen and oxygen atoms in total. The van der Waals surface area contributed by atoms with Crippen LogP contribution >= 0.6 is 0 Å². The van der Waals surface area contributed by atoms with Crippen molar-refractivity contribution in [3.8, 4) is 0 Å². The molecule has 0 aromatic heterocycles. The van der Waals surface area contributed by atoms with E-state index >= 15 is 0 Å². The standard InChI is InChI=1S/C12H18N2O4/c1-12(2)8(9(12)11(17)18)10(16)14-5-3-7(15)13-4-6-14/h8-9H,3-6H2,1-2H3,(H,13,15)(H,17,18)/t8-,9+/m1/s1. The molecule has 2 aliphatic rings. The lowest BCUT2D eigenvalue weighted by Crippen LogP contribution is -2.36. The SMILES string of the molecule is CC1(C)[C@H](C(=O)O)[C@@H]1C(=O)N1CCNC(=O)CC1. The molecule has 0 spiro atoms. The zero-order chi connectivity index (χ0) is 13.5. The number of carbonyl (C=O) groups excluding carboxylic acids is 2. The van der Waals surface area contributed by atoms with Crippen LogP contribution in [0.4, 0.5) is 0 Å². The first-order valence-corrected chi connectivity index (χ1v) is 6.14. The number of carboxylic acids is 1. The molecule has 1 saturated heterocycles. The molecule has 2 amide bonds. The van der Waals surface area contributed by atoms with E-state index in [0.717, 1.165) is 0 Å². The topological polar surface area (TPSA) is 86.7 Å². The maximum Gasteiger partial charge on any atom is 0.307 e. The lowest BCUT2D eigenvalue weighted by atomic mass is 10.1. The van der Waals surface area contributed by atoms with E-state index in [1.165, 1.54) is 0 Å². The van der Waals surface area contributed by atoms with Crippen molar-refractivity contribution in [3.05, 3.63) is 0 Å². The molecule has 18 heavy (non-hydrogen) atoms. The average molecular weight is 254 g/mol. The molecule has 2 fully saturated rings. The van der Waals surface area contributed by atoms with E-state index < -0.39 is 23.2 Å². The summed E-state index contributed by atoms with van der Waals surface area (Å²) in [6.45, 7) is 4.88. The Hall–Kier alpha value is -1.59. The maximum absolute atomic E-state index is 12.3. The van der Waals surface area contributed by atoms with Gasteiger partial charge in [0.25, 0.3) is 0 Å². The smallest absolute Gasteiger partial charge is 0.307 e. The minimum absolute atomic E-state index is 0.0601. The molecule has 1 aliphatic heterocycles. The van der Waals surface area contributed by atoms with E-state index in [-0.39, 0.29) is 18.2 Å². The van der Waals surface area contributed by atoms with Crippen molar-refractivity contribution in [1.82, 2.24) is 10.2 Å². The Morgan fingerprint density at radius 1 is 1.33 bits per heavy atom. The Labute approximate surface area is 105 Å². The fourth-order valence-corrected chi connectivity index (χ4v) is 2.74. The number of hydrogen-bond acceptors (Lipinski definition) is 3. The second-order valence-electron chi connectivity index (χ2n) is 5.54. The predicted molar refractivity (Wildman–Crippen MR) is 62.6 cm³/mol. The molecule has 1 saturated carbocycles. The number of amides is 2. The van der Waals surface area contributed by atoms with Gasteiger partial charge in [0.1, 0.15) is 0 Å². The van der Waals surface area contributed by atoms with Crippen molar-refractivity contribution < 1.29 is 19.5 Å². The third-order valence-electron chi connectivity index (χ3n) is 3.98. The van der Waals surface area contributed by atoms with Gasteiger partial charge in [0.15, 0.2) is 0 Å². The highest BCUT2D eigenvalue weighted by atomic mass is 16.4. The first-order chi connectivity index (χ1) is 8.35. The Bertz CT molecular complexity index is 405. The molecule has 2 atom stereocenters. The van der Waals surface area contributed by atoms with Crippen molar-refractivity contribution in [2.75, 3.05) is 19.6 Å². The van der Waals surface area contributed by atoms with E-state index in [0.29, 0.717) is 19.6 Å². The molecule has 0 aromatic rings. The third-order valence-corrected chi connectivity index (χ3v) is 3.98. The molecule has 0 unspecified atom stereocenters. The summed E-state index contributed by atoms with van der Waals surface area (Å²) in [6, 6.07) is 0. The van der Waals surface area contributed by atoms with Crippen LogP contribution in [0.2, 0.25) is 0 Å². The normalized spacial score (nSPS) is 30.3. The second kappa shape index (κ2) is 4.26. The molecule has 2 N–H and O–H groups in total. The molecule has 1 heterocycles. The van der Waals surface area contributed by atoms with Crippen LogP contribution in [0.5, 0.6) is 0 Å². The number of nitrogens with one attached hydrogen (secondary N) is 1. The third kappa shape index (κ3) is 2.07. The fourth-order valence-electron chi connectivity index (χ4n) is 2.74. The number of nitrogens with zero attached hydrogens (tertiary/aromatic N) is 1. The van der Waals surface area contributed by atoms with Gasteiger partial charge in [0.2, 0.25) is 11.8 Å². The van der Waals surface area contributed by atoms with Gasteiger partial charge in [-0.15, -0.1) is 0 Å². The zero-order valence-electron chi connectivity index (χ0n) is 10.6. The average Bonchev–Trinajstić information content (AvgIpc) is 2.91. The molecule has 6 heteroatoms. The van der Waals surface area contributed by atoms with Crippen LogP contribution in [0.3, 0.4) is 0 Å². The van der Waals surface area contributed by atoms with E-state index in [1.54, 1.807) is 18.7 Å². The summed E-state index contributed by atoms with van der Waals surface area (Å²) in [4.78, 5) is 36.1. The highest BCUT2D eigenvalue weighted by Crippen LogP contribution is 2.59. The lowest BCUT2D eigenvalue weighted by Gasteiger charge is -2.20. The summed E-state index contributed by atoms with van der Waals surface area (Å²) < 4.78 is 0. The van der Waals surface area contributed by atoms with Crippen LogP contribution in [-0.4, -0.2) is 47.4 Å². The molecule has 0 bridgehead atoms. The number of carboxylic acid groups (broad SMARTS) is 1. The van der Waals surface area contributed by atoms with Crippen molar-refractivity contribution >= 4 is 17.8 Å². The minimum Gasteiger partial charge on any atom is -0.481 e. The summed E-state index contributed by atoms with van der Waals surface area (Å²) >= 11 is 0. The molecular weight excluding hydrogens is 236 g/mol. The Morgan fingerprint density at radius 2 is 2.00 bits per heavy atom. The van der Waals surface area contributed by atoms with Crippen LogP contribution in [0.1, 0.15) is 20.3 Å². The molecule has 0 aromatic carbocycles. The van der Waals surface area contributed by atoms with Crippen LogP contribution in [0.25, 0.3) is 0 Å². The van der Waals surface area contributed by atoms with Crippen LogP contribution in [0.15, 0.2) is 0 Å². The number of carbonyl (C=O) groups is 3. The van der Waals surface area contributed by atoms with E-state index in [9.17, 15) is 14.4 Å². The van der Waals surface area contributed by atoms with Gasteiger partial charge in [-0.2, -0.15) is 0 Å². The van der Waals surface area contributed by atoms with Gasteiger partial charge >= 0.3 is 5.97 Å². The summed E-state index contributed by atoms with van der Waals surface area (Å²) in [5.41, 5.74) is -0.480. The van der Waals surface area contributed by atoms with E-state index in [2.05, 4.69) is 5.32 Å². The fraction of sp³-hybridized carbons (Fsp3) is 0.750. The molecule has 2 rings (SSSR count). The van der Waals surface area contributed by atoms with Gasteiger partial charge < -0.3 is 15.3 Å². The summed E-state index contributed by atoms with van der Waals surface area (Å²) in [5, 5.41) is 11.8. The van der Waals surface area contributed by atoms with Crippen LogP contribution < -0.4 is 5.32 Å². The highest BCUT2D eigenvalue weighted by molar-refractivity contribution is 5.92. The zero-order valence-corrected chi connectivity index (χ0v) is 10.6. The Morgan fingerprint density at radius 3 is 2.56 bits per heavy atom. The van der Waals surface area contributed by atoms with E-state index in [4.69, 9.17) is 5.11 Å². The first kappa shape index (κ1) is 12.9. The Kier molecular flexibility index (Phi) is 3.04. The lowest BCUT2D eigenvalue weighted by molar-refractivity contribution is -0.142. The molecule has 1 aliphatic carbocycles. The van der Waals surface area contributed by atoms with Gasteiger partial charge in [-0.1, -0.05) is 13.8 Å². The van der Waals surface area contributed by atoms with Crippen molar-refractivity contribution in [2.45, 2.75) is 20.3 Å². The van der Waals surface area contributed by atoms with Gasteiger partial charge in [-0.05, 0) is 5.41 Å². The van der Waals surface area contributed by atoms with Crippen molar-refractivity contribution in [1.29, 1.82) is 0 Å². The summed E-state index contributed by atoms with van der Waals surface area (Å²) in [5.74, 6) is -2.17. The van der Waals surface area contributed by atoms with Crippen LogP contribution in [0, 0.1) is 17.3 Å². The van der Waals surface area contributed by atoms with Gasteiger partial charge in [0, 0.05) is 26.1 Å². The number of aliphatic carboxylic acids is 1. The van der Waals surface area contributed by atoms with Gasteiger partial charge in [-0.3, -0.25) is 14.4 Å². The largest absolute Gasteiger partial charge is 0.481 e. The highest BCUT2D eigenvalue weighted by Gasteiger charge is 2.66. The minimum atomic E-state index is -0.914. The monoisotopic (exact) mass is 254 g/mol. The summed E-state index contributed by atoms with van der Waals surface area (Å²) in [7, 11) is 0. The molecular formula is C12H18N2O4. The Balaban J connectivity index is 2.04. The van der Waals surface area contributed by atoms with Crippen molar-refractivity contribution in [3.63, 3.8) is 0 Å². The molecule has 100 valence electrons. The van der Waals surface area contributed by atoms with Crippen molar-refractivity contribution in [2.24, 2.45) is 17.3 Å². The number of rotatable bonds is 2.